The Labute approximate surface area is 156 Å². The number of phenolic OH excluding ortho intramolecular Hbond substituents is 4. The Morgan fingerprint density at radius 3 is 2.15 bits per heavy atom. The van der Waals surface area contributed by atoms with Crippen LogP contribution in [-0.4, -0.2) is 20.4 Å². The molecule has 0 aromatic heterocycles. The summed E-state index contributed by atoms with van der Waals surface area (Å²) in [5.41, 5.74) is 1.60. The van der Waals surface area contributed by atoms with Gasteiger partial charge in [0.1, 0.15) is 34.3 Å². The summed E-state index contributed by atoms with van der Waals surface area (Å²) in [4.78, 5) is 0. The molecule has 0 saturated heterocycles. The molecule has 2 atom stereocenters. The summed E-state index contributed by atoms with van der Waals surface area (Å²) in [6.45, 7) is 1.87. The topological polar surface area (TPSA) is 90.2 Å². The van der Waals surface area contributed by atoms with Crippen LogP contribution in [0.4, 0.5) is 0 Å². The van der Waals surface area contributed by atoms with Crippen molar-refractivity contribution in [3.05, 3.63) is 77.4 Å². The predicted molar refractivity (Wildman–Crippen MR) is 100 cm³/mol. The minimum atomic E-state index is -0.874. The molecule has 1 aliphatic heterocycles. The molecule has 4 rings (SSSR count). The highest BCUT2D eigenvalue weighted by atomic mass is 16.5. The zero-order valence-electron chi connectivity index (χ0n) is 14.8. The summed E-state index contributed by atoms with van der Waals surface area (Å²) in [5, 5.41) is 39.5. The summed E-state index contributed by atoms with van der Waals surface area (Å²) in [5.74, 6) is 0.685. The molecule has 3 aromatic carbocycles. The number of benzene rings is 3. The minimum Gasteiger partial charge on any atom is -0.508 e. The Balaban J connectivity index is 1.86. The lowest BCUT2D eigenvalue weighted by Crippen LogP contribution is -2.36. The summed E-state index contributed by atoms with van der Waals surface area (Å²) < 4.78 is 6.23. The van der Waals surface area contributed by atoms with Crippen LogP contribution in [0.1, 0.15) is 36.0 Å². The molecular weight excluding hydrogens is 344 g/mol. The highest BCUT2D eigenvalue weighted by molar-refractivity contribution is 5.51. The normalized spacial score (nSPS) is 21.3. The molecule has 0 fully saturated rings. The van der Waals surface area contributed by atoms with Gasteiger partial charge in [0.05, 0.1) is 0 Å². The Hall–Kier alpha value is -3.34. The fourth-order valence-corrected chi connectivity index (χ4v) is 3.82. The molecule has 5 nitrogen and oxygen atoms in total. The SMILES string of the molecule is CC1(c2ccc(O)cc2O)CC(c2ccc(O)cc2)c2ccc(O)cc2O1. The van der Waals surface area contributed by atoms with Crippen LogP contribution < -0.4 is 4.74 Å². The van der Waals surface area contributed by atoms with Crippen molar-refractivity contribution in [3.8, 4) is 28.7 Å². The zero-order valence-corrected chi connectivity index (χ0v) is 14.8. The molecule has 27 heavy (non-hydrogen) atoms. The summed E-state index contributed by atoms with van der Waals surface area (Å²) in [7, 11) is 0. The lowest BCUT2D eigenvalue weighted by atomic mass is 9.76. The Morgan fingerprint density at radius 2 is 1.44 bits per heavy atom. The molecule has 0 amide bonds. The second kappa shape index (κ2) is 6.13. The maximum absolute atomic E-state index is 10.4. The molecule has 0 bridgehead atoms. The van der Waals surface area contributed by atoms with Crippen LogP contribution >= 0.6 is 0 Å². The molecule has 1 aliphatic rings. The zero-order chi connectivity index (χ0) is 19.2. The third kappa shape index (κ3) is 3.01. The van der Waals surface area contributed by atoms with E-state index in [0.717, 1.165) is 11.1 Å². The maximum atomic E-state index is 10.4. The number of phenols is 4. The second-order valence-electron chi connectivity index (χ2n) is 7.10. The highest BCUT2D eigenvalue weighted by Gasteiger charge is 2.41. The van der Waals surface area contributed by atoms with E-state index in [2.05, 4.69) is 0 Å². The Kier molecular flexibility index (Phi) is 3.88. The van der Waals surface area contributed by atoms with Crippen LogP contribution in [0.3, 0.4) is 0 Å². The Bertz CT molecular complexity index is 996. The Morgan fingerprint density at radius 1 is 0.815 bits per heavy atom. The highest BCUT2D eigenvalue weighted by Crippen LogP contribution is 2.50. The fourth-order valence-electron chi connectivity index (χ4n) is 3.82. The van der Waals surface area contributed by atoms with Gasteiger partial charge in [-0.25, -0.2) is 0 Å². The van der Waals surface area contributed by atoms with E-state index in [1.165, 1.54) is 12.1 Å². The van der Waals surface area contributed by atoms with E-state index in [0.29, 0.717) is 17.7 Å². The van der Waals surface area contributed by atoms with E-state index in [1.54, 1.807) is 30.3 Å². The van der Waals surface area contributed by atoms with Crippen molar-refractivity contribution < 1.29 is 25.2 Å². The van der Waals surface area contributed by atoms with E-state index in [9.17, 15) is 20.4 Å². The molecule has 0 spiro atoms. The number of fused-ring (bicyclic) bond motifs is 1. The van der Waals surface area contributed by atoms with Crippen molar-refractivity contribution in [1.82, 2.24) is 0 Å². The quantitative estimate of drug-likeness (QED) is 0.543. The standard InChI is InChI=1S/C22H20O5/c1-22(19-9-7-15(24)10-20(19)26)12-18(13-2-4-14(23)5-3-13)17-8-6-16(25)11-21(17)27-22/h2-11,18,23-26H,12H2,1H3. The van der Waals surface area contributed by atoms with Gasteiger partial charge in [-0.15, -0.1) is 0 Å². The van der Waals surface area contributed by atoms with Crippen molar-refractivity contribution in [2.24, 2.45) is 0 Å². The number of ether oxygens (including phenoxy) is 1. The van der Waals surface area contributed by atoms with Crippen LogP contribution in [0, 0.1) is 0 Å². The van der Waals surface area contributed by atoms with Gasteiger partial charge in [-0.1, -0.05) is 18.2 Å². The number of aromatic hydroxyl groups is 4. The van der Waals surface area contributed by atoms with Gasteiger partial charge in [-0.3, -0.25) is 0 Å². The summed E-state index contributed by atoms with van der Waals surface area (Å²) in [6.07, 6.45) is 0.536. The first-order valence-electron chi connectivity index (χ1n) is 8.69. The molecule has 3 aromatic rings. The molecule has 0 saturated carbocycles. The van der Waals surface area contributed by atoms with Gasteiger partial charge >= 0.3 is 0 Å². The molecule has 0 aliphatic carbocycles. The summed E-state index contributed by atoms with van der Waals surface area (Å²) >= 11 is 0. The third-order valence-electron chi connectivity index (χ3n) is 5.15. The van der Waals surface area contributed by atoms with Crippen molar-refractivity contribution in [3.63, 3.8) is 0 Å². The van der Waals surface area contributed by atoms with Crippen molar-refractivity contribution in [2.45, 2.75) is 24.9 Å². The monoisotopic (exact) mass is 364 g/mol. The van der Waals surface area contributed by atoms with Gasteiger partial charge in [0.2, 0.25) is 0 Å². The first kappa shape index (κ1) is 17.1. The second-order valence-corrected chi connectivity index (χ2v) is 7.10. The predicted octanol–water partition coefficient (Wildman–Crippen LogP) is 4.34. The van der Waals surface area contributed by atoms with Crippen LogP contribution in [0.25, 0.3) is 0 Å². The van der Waals surface area contributed by atoms with Crippen LogP contribution in [0.15, 0.2) is 60.7 Å². The molecule has 1 heterocycles. The number of hydrogen-bond acceptors (Lipinski definition) is 5. The maximum Gasteiger partial charge on any atom is 0.136 e. The molecule has 138 valence electrons. The number of rotatable bonds is 2. The van der Waals surface area contributed by atoms with Crippen molar-refractivity contribution >= 4 is 0 Å². The van der Waals surface area contributed by atoms with Gasteiger partial charge in [-0.2, -0.15) is 0 Å². The van der Waals surface area contributed by atoms with E-state index >= 15 is 0 Å². The average Bonchev–Trinajstić information content (AvgIpc) is 2.61. The van der Waals surface area contributed by atoms with Gasteiger partial charge in [0, 0.05) is 35.6 Å². The van der Waals surface area contributed by atoms with Crippen molar-refractivity contribution in [2.75, 3.05) is 0 Å². The first-order chi connectivity index (χ1) is 12.9. The molecule has 2 unspecified atom stereocenters. The van der Waals surface area contributed by atoms with Gasteiger partial charge < -0.3 is 25.2 Å². The molecule has 0 radical (unpaired) electrons. The molecule has 5 heteroatoms. The van der Waals surface area contributed by atoms with Crippen molar-refractivity contribution in [1.29, 1.82) is 0 Å². The number of hydrogen-bond donors (Lipinski definition) is 4. The van der Waals surface area contributed by atoms with Crippen LogP contribution in [-0.2, 0) is 5.60 Å². The van der Waals surface area contributed by atoms with Gasteiger partial charge in [0.15, 0.2) is 0 Å². The van der Waals surface area contributed by atoms with E-state index in [-0.39, 0.29) is 28.9 Å². The third-order valence-corrected chi connectivity index (χ3v) is 5.15. The lowest BCUT2D eigenvalue weighted by molar-refractivity contribution is 0.0528. The van der Waals surface area contributed by atoms with Crippen LogP contribution in [0.2, 0.25) is 0 Å². The van der Waals surface area contributed by atoms with E-state index in [4.69, 9.17) is 4.74 Å². The lowest BCUT2D eigenvalue weighted by Gasteiger charge is -2.41. The molecule has 4 N–H and O–H groups in total. The van der Waals surface area contributed by atoms with Crippen LogP contribution in [0.5, 0.6) is 28.7 Å². The molecular formula is C22H20O5. The van der Waals surface area contributed by atoms with E-state index < -0.39 is 5.60 Å². The fraction of sp³-hybridized carbons (Fsp3) is 0.182. The smallest absolute Gasteiger partial charge is 0.136 e. The van der Waals surface area contributed by atoms with Gasteiger partial charge in [0.25, 0.3) is 0 Å². The average molecular weight is 364 g/mol. The van der Waals surface area contributed by atoms with E-state index in [1.807, 2.05) is 25.1 Å². The van der Waals surface area contributed by atoms with Gasteiger partial charge in [-0.05, 0) is 42.8 Å². The largest absolute Gasteiger partial charge is 0.508 e. The minimum absolute atomic E-state index is 0.0243. The first-order valence-corrected chi connectivity index (χ1v) is 8.69. The summed E-state index contributed by atoms with van der Waals surface area (Å²) in [6, 6.07) is 16.5.